The Bertz CT molecular complexity index is 626. The van der Waals surface area contributed by atoms with Gasteiger partial charge in [-0.05, 0) is 25.0 Å². The molecule has 3 N–H and O–H groups in total. The van der Waals surface area contributed by atoms with E-state index >= 15 is 0 Å². The number of aromatic nitrogens is 1. The van der Waals surface area contributed by atoms with Crippen molar-refractivity contribution < 1.29 is 14.4 Å². The number of nitrogens with one attached hydrogen (secondary N) is 3. The van der Waals surface area contributed by atoms with Crippen molar-refractivity contribution in [3.8, 4) is 6.19 Å². The predicted molar refractivity (Wildman–Crippen MR) is 100 cm³/mol. The van der Waals surface area contributed by atoms with Gasteiger partial charge < -0.3 is 10.1 Å². The van der Waals surface area contributed by atoms with Crippen LogP contribution in [-0.4, -0.2) is 42.7 Å². The number of aliphatic imine (C=N–C) groups is 1. The van der Waals surface area contributed by atoms with Gasteiger partial charge in [0, 0.05) is 44.1 Å². The summed E-state index contributed by atoms with van der Waals surface area (Å²) in [4.78, 5) is 25.2. The quantitative estimate of drug-likeness (QED) is 0.142. The van der Waals surface area contributed by atoms with Crippen LogP contribution in [0.15, 0.2) is 29.5 Å². The number of ether oxygens (including phenoxy) is 1. The van der Waals surface area contributed by atoms with E-state index in [0.717, 1.165) is 37.8 Å². The lowest BCUT2D eigenvalue weighted by atomic mass is 10.1. The number of hydrogen-bond donors (Lipinski definition) is 3. The van der Waals surface area contributed by atoms with E-state index in [-0.39, 0.29) is 12.0 Å². The summed E-state index contributed by atoms with van der Waals surface area (Å²) in [6.07, 6.45) is 10.0. The highest BCUT2D eigenvalue weighted by molar-refractivity contribution is 5.94. The monoisotopic (exact) mass is 374 g/mol. The summed E-state index contributed by atoms with van der Waals surface area (Å²) in [6.45, 7) is 1.82. The standard InChI is InChI=1S/C18H26N6O3/c19-14-22-18(23-15-6-10-20-11-7-15)21-9-4-2-1-3-5-17(25)24-27-16-8-12-26-13-16/h6-7,10-11,16H,1-5,8-9,12-13H2,(H,24,25)(H2,20,21,22,23). The van der Waals surface area contributed by atoms with Crippen LogP contribution in [0.25, 0.3) is 0 Å². The van der Waals surface area contributed by atoms with E-state index in [9.17, 15) is 4.79 Å². The molecule has 146 valence electrons. The van der Waals surface area contributed by atoms with Crippen LogP contribution < -0.4 is 16.1 Å². The average Bonchev–Trinajstić information content (AvgIpc) is 3.20. The Morgan fingerprint density at radius 1 is 1.33 bits per heavy atom. The molecule has 1 aromatic heterocycles. The van der Waals surface area contributed by atoms with Crippen LogP contribution in [0.3, 0.4) is 0 Å². The molecule has 0 saturated carbocycles. The molecule has 1 saturated heterocycles. The summed E-state index contributed by atoms with van der Waals surface area (Å²) in [5.74, 6) is 0.318. The Morgan fingerprint density at radius 3 is 2.89 bits per heavy atom. The first-order valence-corrected chi connectivity index (χ1v) is 9.17. The largest absolute Gasteiger partial charge is 0.379 e. The molecule has 1 aliphatic rings. The van der Waals surface area contributed by atoms with Gasteiger partial charge in [0.2, 0.25) is 11.9 Å². The van der Waals surface area contributed by atoms with E-state index < -0.39 is 0 Å². The zero-order valence-electron chi connectivity index (χ0n) is 15.3. The summed E-state index contributed by atoms with van der Waals surface area (Å²) in [6, 6.07) is 3.59. The van der Waals surface area contributed by atoms with Crippen molar-refractivity contribution in [1.29, 1.82) is 5.26 Å². The second-order valence-electron chi connectivity index (χ2n) is 6.12. The lowest BCUT2D eigenvalue weighted by molar-refractivity contribution is -0.138. The molecule has 27 heavy (non-hydrogen) atoms. The van der Waals surface area contributed by atoms with Gasteiger partial charge in [0.25, 0.3) is 0 Å². The van der Waals surface area contributed by atoms with Crippen molar-refractivity contribution in [3.63, 3.8) is 0 Å². The highest BCUT2D eigenvalue weighted by Gasteiger charge is 2.17. The number of hydroxylamine groups is 1. The number of carbonyl (C=O) groups excluding carboxylic acids is 1. The predicted octanol–water partition coefficient (Wildman–Crippen LogP) is 1.71. The minimum Gasteiger partial charge on any atom is -0.379 e. The van der Waals surface area contributed by atoms with Gasteiger partial charge in [0.15, 0.2) is 6.19 Å². The number of hydrogen-bond acceptors (Lipinski definition) is 6. The van der Waals surface area contributed by atoms with Crippen LogP contribution in [-0.2, 0) is 14.4 Å². The van der Waals surface area contributed by atoms with Crippen molar-refractivity contribution in [2.75, 3.05) is 25.1 Å². The van der Waals surface area contributed by atoms with E-state index in [2.05, 4.69) is 26.1 Å². The molecule has 1 atom stereocenters. The summed E-state index contributed by atoms with van der Waals surface area (Å²) in [5.41, 5.74) is 3.30. The molecule has 0 spiro atoms. The molecular weight excluding hydrogens is 348 g/mol. The van der Waals surface area contributed by atoms with Crippen molar-refractivity contribution >= 4 is 17.6 Å². The van der Waals surface area contributed by atoms with E-state index in [1.165, 1.54) is 0 Å². The maximum atomic E-state index is 11.7. The van der Waals surface area contributed by atoms with E-state index in [1.54, 1.807) is 24.5 Å². The lowest BCUT2D eigenvalue weighted by Crippen LogP contribution is -2.29. The van der Waals surface area contributed by atoms with Gasteiger partial charge in [-0.15, -0.1) is 0 Å². The van der Waals surface area contributed by atoms with Crippen LogP contribution in [0.1, 0.15) is 38.5 Å². The maximum absolute atomic E-state index is 11.7. The van der Waals surface area contributed by atoms with Crippen LogP contribution in [0.4, 0.5) is 5.69 Å². The maximum Gasteiger partial charge on any atom is 0.243 e. The zero-order chi connectivity index (χ0) is 19.2. The van der Waals surface area contributed by atoms with Crippen molar-refractivity contribution in [2.24, 2.45) is 4.99 Å². The summed E-state index contributed by atoms with van der Waals surface area (Å²) >= 11 is 0. The first-order chi connectivity index (χ1) is 13.3. The lowest BCUT2D eigenvalue weighted by Gasteiger charge is -2.10. The molecule has 2 heterocycles. The third kappa shape index (κ3) is 8.99. The Balaban J connectivity index is 1.53. The Hall–Kier alpha value is -2.70. The molecule has 0 aliphatic carbocycles. The minimum absolute atomic E-state index is 0.0243. The first-order valence-electron chi connectivity index (χ1n) is 9.17. The highest BCUT2D eigenvalue weighted by atomic mass is 16.7. The normalized spacial score (nSPS) is 16.6. The van der Waals surface area contributed by atoms with Gasteiger partial charge >= 0.3 is 0 Å². The molecule has 9 nitrogen and oxygen atoms in total. The highest BCUT2D eigenvalue weighted by Crippen LogP contribution is 2.08. The summed E-state index contributed by atoms with van der Waals surface area (Å²) in [7, 11) is 0. The van der Waals surface area contributed by atoms with Crippen molar-refractivity contribution in [3.05, 3.63) is 24.5 Å². The SMILES string of the molecule is N#CNC(=NCCCCCCC(=O)NOC1CCOC1)Nc1ccncc1. The smallest absolute Gasteiger partial charge is 0.243 e. The molecule has 0 radical (unpaired) electrons. The molecule has 1 unspecified atom stereocenters. The van der Waals surface area contributed by atoms with Gasteiger partial charge in [-0.2, -0.15) is 5.26 Å². The number of rotatable bonds is 10. The topological polar surface area (TPSA) is 121 Å². The molecule has 1 amide bonds. The number of nitriles is 1. The number of carbonyl (C=O) groups is 1. The van der Waals surface area contributed by atoms with Crippen molar-refractivity contribution in [1.82, 2.24) is 15.8 Å². The number of amides is 1. The first kappa shape index (κ1) is 20.6. The van der Waals surface area contributed by atoms with Crippen LogP contribution in [0.2, 0.25) is 0 Å². The summed E-state index contributed by atoms with van der Waals surface area (Å²) in [5, 5.41) is 14.4. The third-order valence-electron chi connectivity index (χ3n) is 3.93. The number of anilines is 1. The van der Waals surface area contributed by atoms with Crippen LogP contribution in [0, 0.1) is 11.5 Å². The Morgan fingerprint density at radius 2 is 2.15 bits per heavy atom. The Labute approximate surface area is 159 Å². The molecule has 9 heteroatoms. The Kier molecular flexibility index (Phi) is 9.63. The molecule has 1 aromatic rings. The van der Waals surface area contributed by atoms with Gasteiger partial charge in [0.05, 0.1) is 6.61 Å². The summed E-state index contributed by atoms with van der Waals surface area (Å²) < 4.78 is 5.17. The fourth-order valence-electron chi connectivity index (χ4n) is 2.48. The third-order valence-corrected chi connectivity index (χ3v) is 3.93. The van der Waals surface area contributed by atoms with Gasteiger partial charge in [0.1, 0.15) is 6.10 Å². The van der Waals surface area contributed by atoms with E-state index in [1.807, 2.05) is 6.19 Å². The molecule has 1 fully saturated rings. The van der Waals surface area contributed by atoms with Gasteiger partial charge in [-0.1, -0.05) is 12.8 Å². The molecule has 2 rings (SSSR count). The fourth-order valence-corrected chi connectivity index (χ4v) is 2.48. The molecule has 1 aliphatic heterocycles. The van der Waals surface area contributed by atoms with Crippen LogP contribution >= 0.6 is 0 Å². The number of unbranched alkanes of at least 4 members (excludes halogenated alkanes) is 3. The minimum atomic E-state index is -0.0954. The second-order valence-corrected chi connectivity index (χ2v) is 6.12. The zero-order valence-corrected chi connectivity index (χ0v) is 15.3. The second kappa shape index (κ2) is 12.6. The molecular formula is C18H26N6O3. The van der Waals surface area contributed by atoms with Crippen molar-refractivity contribution in [2.45, 2.75) is 44.6 Å². The molecule has 0 bridgehead atoms. The van der Waals surface area contributed by atoms with E-state index in [4.69, 9.17) is 14.8 Å². The van der Waals surface area contributed by atoms with Crippen LogP contribution in [0.5, 0.6) is 0 Å². The number of guanidine groups is 1. The van der Waals surface area contributed by atoms with Gasteiger partial charge in [-0.3, -0.25) is 24.9 Å². The fraction of sp³-hybridized carbons (Fsp3) is 0.556. The van der Waals surface area contributed by atoms with Gasteiger partial charge in [-0.25, -0.2) is 5.48 Å². The average molecular weight is 374 g/mol. The molecule has 0 aromatic carbocycles. The number of nitrogens with zero attached hydrogens (tertiary/aromatic N) is 3. The number of pyridine rings is 1. The van der Waals surface area contributed by atoms with E-state index in [0.29, 0.717) is 32.1 Å².